The van der Waals surface area contributed by atoms with Gasteiger partial charge >= 0.3 is 0 Å². The van der Waals surface area contributed by atoms with Crippen molar-refractivity contribution in [1.82, 2.24) is 10.4 Å². The lowest BCUT2D eigenvalue weighted by molar-refractivity contribution is 0.0955. The third kappa shape index (κ3) is 1.30. The zero-order valence-electron chi connectivity index (χ0n) is 7.15. The Kier molecular flexibility index (Phi) is 2.06. The quantitative estimate of drug-likeness (QED) is 0.361. The van der Waals surface area contributed by atoms with E-state index in [1.807, 2.05) is 0 Å². The highest BCUT2D eigenvalue weighted by atomic mass is 32.1. The summed E-state index contributed by atoms with van der Waals surface area (Å²) in [5.41, 5.74) is 8.84. The molecule has 0 aliphatic carbocycles. The van der Waals surface area contributed by atoms with Gasteiger partial charge in [-0.1, -0.05) is 17.4 Å². The second-order valence-electron chi connectivity index (χ2n) is 2.68. The van der Waals surface area contributed by atoms with E-state index in [4.69, 9.17) is 11.6 Å². The van der Waals surface area contributed by atoms with Crippen LogP contribution in [0.25, 0.3) is 10.2 Å². The maximum Gasteiger partial charge on any atom is 0.266 e. The van der Waals surface area contributed by atoms with Crippen molar-refractivity contribution in [3.8, 4) is 0 Å². The number of nitrogens with zero attached hydrogens (tertiary/aromatic N) is 1. The van der Waals surface area contributed by atoms with E-state index in [2.05, 4.69) is 10.4 Å². The number of benzene rings is 1. The molecule has 1 heterocycles. The van der Waals surface area contributed by atoms with E-state index in [0.717, 1.165) is 4.70 Å². The summed E-state index contributed by atoms with van der Waals surface area (Å²) in [5, 5.41) is 0.442. The summed E-state index contributed by atoms with van der Waals surface area (Å²) in [4.78, 5) is 15.4. The minimum Gasteiger partial charge on any atom is -0.375 e. The van der Waals surface area contributed by atoms with E-state index in [0.29, 0.717) is 16.2 Å². The van der Waals surface area contributed by atoms with Gasteiger partial charge < -0.3 is 5.73 Å². The molecule has 0 saturated heterocycles. The second-order valence-corrected chi connectivity index (χ2v) is 3.71. The van der Waals surface area contributed by atoms with Crippen molar-refractivity contribution in [2.45, 2.75) is 0 Å². The first kappa shape index (κ1) is 8.92. The normalized spacial score (nSPS) is 10.4. The molecule has 0 spiro atoms. The van der Waals surface area contributed by atoms with Gasteiger partial charge in [0.25, 0.3) is 5.91 Å². The number of fused-ring (bicyclic) bond motifs is 1. The van der Waals surface area contributed by atoms with E-state index in [9.17, 15) is 4.79 Å². The monoisotopic (exact) mass is 208 g/mol. The van der Waals surface area contributed by atoms with Crippen LogP contribution in [0.5, 0.6) is 0 Å². The van der Waals surface area contributed by atoms with Crippen molar-refractivity contribution in [3.05, 3.63) is 23.8 Å². The van der Waals surface area contributed by atoms with E-state index >= 15 is 0 Å². The van der Waals surface area contributed by atoms with Crippen molar-refractivity contribution in [2.75, 3.05) is 5.73 Å². The summed E-state index contributed by atoms with van der Waals surface area (Å²) in [7, 11) is 0. The first-order chi connectivity index (χ1) is 6.72. The Morgan fingerprint density at radius 3 is 3.00 bits per heavy atom. The first-order valence-corrected chi connectivity index (χ1v) is 4.70. The number of nitrogen functional groups attached to an aromatic ring is 2. The molecule has 14 heavy (non-hydrogen) atoms. The van der Waals surface area contributed by atoms with Gasteiger partial charge in [0.1, 0.15) is 0 Å². The van der Waals surface area contributed by atoms with E-state index in [1.165, 1.54) is 11.3 Å². The standard InChI is InChI=1S/C8H8N4OS/c9-8-11-5-3-1-2-4(6(5)14-8)7(13)12-10/h1-3H,10H2,(H2,9,11)(H,12,13). The minimum atomic E-state index is -0.334. The van der Waals surface area contributed by atoms with Crippen molar-refractivity contribution in [2.24, 2.45) is 5.84 Å². The lowest BCUT2D eigenvalue weighted by Crippen LogP contribution is -2.29. The van der Waals surface area contributed by atoms with Crippen LogP contribution >= 0.6 is 11.3 Å². The Balaban J connectivity index is 2.70. The van der Waals surface area contributed by atoms with Gasteiger partial charge in [-0.25, -0.2) is 10.8 Å². The number of anilines is 1. The minimum absolute atomic E-state index is 0.334. The van der Waals surface area contributed by atoms with Gasteiger partial charge in [-0.2, -0.15) is 0 Å². The molecule has 0 saturated carbocycles. The summed E-state index contributed by atoms with van der Waals surface area (Å²) < 4.78 is 0.757. The highest BCUT2D eigenvalue weighted by molar-refractivity contribution is 7.22. The molecule has 1 aromatic heterocycles. The third-order valence-corrected chi connectivity index (χ3v) is 2.74. The van der Waals surface area contributed by atoms with Crippen molar-refractivity contribution >= 4 is 32.6 Å². The van der Waals surface area contributed by atoms with Gasteiger partial charge in [0.05, 0.1) is 15.8 Å². The fourth-order valence-corrected chi connectivity index (χ4v) is 2.06. The average molecular weight is 208 g/mol. The van der Waals surface area contributed by atoms with Gasteiger partial charge in [-0.3, -0.25) is 10.2 Å². The highest BCUT2D eigenvalue weighted by Crippen LogP contribution is 2.26. The van der Waals surface area contributed by atoms with Crippen LogP contribution in [0.3, 0.4) is 0 Å². The number of nitrogens with two attached hydrogens (primary N) is 2. The number of nitrogens with one attached hydrogen (secondary N) is 1. The molecular formula is C8H8N4OS. The summed E-state index contributed by atoms with van der Waals surface area (Å²) in [6, 6.07) is 5.23. The number of aromatic nitrogens is 1. The first-order valence-electron chi connectivity index (χ1n) is 3.88. The SMILES string of the molecule is NNC(=O)c1cccc2nc(N)sc12. The predicted molar refractivity (Wildman–Crippen MR) is 55.7 cm³/mol. The fraction of sp³-hybridized carbons (Fsp3) is 0. The van der Waals surface area contributed by atoms with Gasteiger partial charge in [0, 0.05) is 0 Å². The Morgan fingerprint density at radius 1 is 1.50 bits per heavy atom. The van der Waals surface area contributed by atoms with Crippen LogP contribution < -0.4 is 17.0 Å². The zero-order valence-corrected chi connectivity index (χ0v) is 7.97. The van der Waals surface area contributed by atoms with Crippen LogP contribution in [-0.2, 0) is 0 Å². The van der Waals surface area contributed by atoms with Crippen LogP contribution in [-0.4, -0.2) is 10.9 Å². The van der Waals surface area contributed by atoms with E-state index in [1.54, 1.807) is 18.2 Å². The highest BCUT2D eigenvalue weighted by Gasteiger charge is 2.11. The topological polar surface area (TPSA) is 94.0 Å². The summed E-state index contributed by atoms with van der Waals surface area (Å²) in [5.74, 6) is 4.72. The largest absolute Gasteiger partial charge is 0.375 e. The van der Waals surface area contributed by atoms with Gasteiger partial charge in [0.15, 0.2) is 5.13 Å². The molecule has 0 unspecified atom stereocenters. The number of thiazole rings is 1. The Hall–Kier alpha value is -1.66. The molecule has 0 radical (unpaired) electrons. The summed E-state index contributed by atoms with van der Waals surface area (Å²) >= 11 is 1.27. The van der Waals surface area contributed by atoms with Crippen molar-refractivity contribution < 1.29 is 4.79 Å². The average Bonchev–Trinajstić information content (AvgIpc) is 2.56. The molecule has 0 bridgehead atoms. The van der Waals surface area contributed by atoms with Gasteiger partial charge in [-0.05, 0) is 12.1 Å². The number of amides is 1. The number of rotatable bonds is 1. The molecular weight excluding hydrogens is 200 g/mol. The summed E-state index contributed by atoms with van der Waals surface area (Å²) in [6.07, 6.45) is 0. The van der Waals surface area contributed by atoms with Crippen LogP contribution in [0.1, 0.15) is 10.4 Å². The predicted octanol–water partition coefficient (Wildman–Crippen LogP) is 0.482. The zero-order chi connectivity index (χ0) is 10.1. The van der Waals surface area contributed by atoms with E-state index < -0.39 is 0 Å². The molecule has 2 rings (SSSR count). The van der Waals surface area contributed by atoms with E-state index in [-0.39, 0.29) is 5.91 Å². The Labute approximate surface area is 83.7 Å². The van der Waals surface area contributed by atoms with Crippen LogP contribution in [0, 0.1) is 0 Å². The third-order valence-electron chi connectivity index (χ3n) is 1.81. The van der Waals surface area contributed by atoms with Crippen LogP contribution in [0.4, 0.5) is 5.13 Å². The maximum absolute atomic E-state index is 11.3. The molecule has 2 aromatic rings. The molecule has 5 nitrogen and oxygen atoms in total. The molecule has 72 valence electrons. The smallest absolute Gasteiger partial charge is 0.266 e. The molecule has 0 aliphatic rings. The van der Waals surface area contributed by atoms with Crippen molar-refractivity contribution in [3.63, 3.8) is 0 Å². The lowest BCUT2D eigenvalue weighted by atomic mass is 10.2. The van der Waals surface area contributed by atoms with Crippen LogP contribution in [0.2, 0.25) is 0 Å². The molecule has 0 fully saturated rings. The molecule has 0 aliphatic heterocycles. The molecule has 1 amide bonds. The fourth-order valence-electron chi connectivity index (χ4n) is 1.22. The number of carbonyl (C=O) groups is 1. The van der Waals surface area contributed by atoms with Gasteiger partial charge in [0.2, 0.25) is 0 Å². The maximum atomic E-state index is 11.3. The molecule has 0 atom stereocenters. The van der Waals surface area contributed by atoms with Crippen molar-refractivity contribution in [1.29, 1.82) is 0 Å². The van der Waals surface area contributed by atoms with Gasteiger partial charge in [-0.15, -0.1) is 0 Å². The Bertz CT molecular complexity index is 493. The molecule has 6 heteroatoms. The number of hydrogen-bond donors (Lipinski definition) is 3. The number of hydrogen-bond acceptors (Lipinski definition) is 5. The lowest BCUT2D eigenvalue weighted by Gasteiger charge is -1.98. The molecule has 5 N–H and O–H groups in total. The molecule has 1 aromatic carbocycles. The Morgan fingerprint density at radius 2 is 2.29 bits per heavy atom. The van der Waals surface area contributed by atoms with Crippen LogP contribution in [0.15, 0.2) is 18.2 Å². The number of hydrazine groups is 1. The summed E-state index contributed by atoms with van der Waals surface area (Å²) in [6.45, 7) is 0. The number of carbonyl (C=O) groups excluding carboxylic acids is 1. The second kappa shape index (κ2) is 3.24.